The van der Waals surface area contributed by atoms with Crippen LogP contribution in [0.25, 0.3) is 11.1 Å². The topological polar surface area (TPSA) is 50.7 Å². The predicted molar refractivity (Wildman–Crippen MR) is 109 cm³/mol. The highest BCUT2D eigenvalue weighted by Gasteiger charge is 2.02. The molecule has 0 spiro atoms. The van der Waals surface area contributed by atoms with Gasteiger partial charge in [0.15, 0.2) is 6.61 Å². The second kappa shape index (κ2) is 8.81. The van der Waals surface area contributed by atoms with E-state index in [1.807, 2.05) is 68.4 Å². The molecule has 1 N–H and O–H groups in total. The fraction of sp³-hybridized carbons (Fsp3) is 0.130. The molecule has 0 aromatic heterocycles. The van der Waals surface area contributed by atoms with E-state index in [-0.39, 0.29) is 12.5 Å². The molecule has 0 aliphatic heterocycles. The SMILES string of the molecule is Cc1cc(C)cc(OCC(=O)NN=Cc2ccc(-c3ccccc3)cc2)c1. The highest BCUT2D eigenvalue weighted by atomic mass is 16.5. The third-order valence-corrected chi connectivity index (χ3v) is 3.99. The molecule has 0 bridgehead atoms. The highest BCUT2D eigenvalue weighted by Crippen LogP contribution is 2.18. The molecule has 0 radical (unpaired) electrons. The maximum absolute atomic E-state index is 11.9. The van der Waals surface area contributed by atoms with E-state index < -0.39 is 0 Å². The van der Waals surface area contributed by atoms with Gasteiger partial charge in [-0.3, -0.25) is 4.79 Å². The fourth-order valence-corrected chi connectivity index (χ4v) is 2.77. The molecule has 4 nitrogen and oxygen atoms in total. The maximum atomic E-state index is 11.9. The minimum absolute atomic E-state index is 0.0762. The number of nitrogens with one attached hydrogen (secondary N) is 1. The van der Waals surface area contributed by atoms with Gasteiger partial charge < -0.3 is 4.74 Å². The second-order valence-corrected chi connectivity index (χ2v) is 6.39. The Morgan fingerprint density at radius 1 is 0.926 bits per heavy atom. The van der Waals surface area contributed by atoms with Crippen LogP contribution < -0.4 is 10.2 Å². The Bertz CT molecular complexity index is 912. The lowest BCUT2D eigenvalue weighted by atomic mass is 10.0. The lowest BCUT2D eigenvalue weighted by molar-refractivity contribution is -0.123. The largest absolute Gasteiger partial charge is 0.484 e. The van der Waals surface area contributed by atoms with Crippen LogP contribution in [-0.2, 0) is 4.79 Å². The standard InChI is InChI=1S/C23H22N2O2/c1-17-12-18(2)14-22(13-17)27-16-23(26)25-24-15-19-8-10-21(11-9-19)20-6-4-3-5-7-20/h3-15H,16H2,1-2H3,(H,25,26). The van der Waals surface area contributed by atoms with Gasteiger partial charge in [-0.2, -0.15) is 5.10 Å². The molecule has 0 saturated carbocycles. The number of hydrogen-bond acceptors (Lipinski definition) is 3. The lowest BCUT2D eigenvalue weighted by Crippen LogP contribution is -2.24. The molecular formula is C23H22N2O2. The number of benzene rings is 3. The van der Waals surface area contributed by atoms with Crippen molar-refractivity contribution >= 4 is 12.1 Å². The number of rotatable bonds is 6. The van der Waals surface area contributed by atoms with Crippen molar-refractivity contribution in [3.63, 3.8) is 0 Å². The molecule has 3 aromatic rings. The summed E-state index contributed by atoms with van der Waals surface area (Å²) in [5.74, 6) is 0.384. The second-order valence-electron chi connectivity index (χ2n) is 6.39. The first-order valence-electron chi connectivity index (χ1n) is 8.79. The minimum atomic E-state index is -0.300. The van der Waals surface area contributed by atoms with Crippen molar-refractivity contribution < 1.29 is 9.53 Å². The summed E-state index contributed by atoms with van der Waals surface area (Å²) in [4.78, 5) is 11.9. The summed E-state index contributed by atoms with van der Waals surface area (Å²) in [7, 11) is 0. The molecule has 0 fully saturated rings. The molecule has 0 saturated heterocycles. The summed E-state index contributed by atoms with van der Waals surface area (Å²) >= 11 is 0. The Kier molecular flexibility index (Phi) is 6.00. The van der Waals surface area contributed by atoms with Crippen LogP contribution in [0.2, 0.25) is 0 Å². The van der Waals surface area contributed by atoms with Crippen molar-refractivity contribution in [3.8, 4) is 16.9 Å². The average Bonchev–Trinajstić information content (AvgIpc) is 2.67. The first kappa shape index (κ1) is 18.4. The van der Waals surface area contributed by atoms with Crippen molar-refractivity contribution in [2.45, 2.75) is 13.8 Å². The van der Waals surface area contributed by atoms with Crippen LogP contribution in [0.3, 0.4) is 0 Å². The van der Waals surface area contributed by atoms with Crippen LogP contribution in [0.5, 0.6) is 5.75 Å². The summed E-state index contributed by atoms with van der Waals surface area (Å²) in [6.07, 6.45) is 1.61. The summed E-state index contributed by atoms with van der Waals surface area (Å²) in [6.45, 7) is 3.91. The van der Waals surface area contributed by atoms with Gasteiger partial charge in [-0.15, -0.1) is 0 Å². The number of carbonyl (C=O) groups excluding carboxylic acids is 1. The van der Waals surface area contributed by atoms with E-state index in [0.29, 0.717) is 5.75 Å². The van der Waals surface area contributed by atoms with E-state index in [0.717, 1.165) is 27.8 Å². The van der Waals surface area contributed by atoms with Crippen molar-refractivity contribution in [1.29, 1.82) is 0 Å². The molecule has 0 unspecified atom stereocenters. The Hall–Kier alpha value is -3.40. The first-order valence-corrected chi connectivity index (χ1v) is 8.79. The predicted octanol–water partition coefficient (Wildman–Crippen LogP) is 4.50. The third-order valence-electron chi connectivity index (χ3n) is 3.99. The van der Waals surface area contributed by atoms with Crippen LogP contribution in [0, 0.1) is 13.8 Å². The molecular weight excluding hydrogens is 336 g/mol. The van der Waals surface area contributed by atoms with Gasteiger partial charge in [-0.05, 0) is 53.8 Å². The summed E-state index contributed by atoms with van der Waals surface area (Å²) < 4.78 is 5.51. The molecule has 0 heterocycles. The smallest absolute Gasteiger partial charge is 0.277 e. The Morgan fingerprint density at radius 3 is 2.22 bits per heavy atom. The quantitative estimate of drug-likeness (QED) is 0.521. The molecule has 1 amide bonds. The van der Waals surface area contributed by atoms with Gasteiger partial charge in [0, 0.05) is 0 Å². The van der Waals surface area contributed by atoms with Gasteiger partial charge in [0.2, 0.25) is 0 Å². The van der Waals surface area contributed by atoms with Gasteiger partial charge in [0.05, 0.1) is 6.21 Å². The number of aryl methyl sites for hydroxylation is 2. The van der Waals surface area contributed by atoms with E-state index in [1.54, 1.807) is 6.21 Å². The number of carbonyl (C=O) groups is 1. The first-order chi connectivity index (χ1) is 13.1. The molecule has 3 rings (SSSR count). The fourth-order valence-electron chi connectivity index (χ4n) is 2.77. The van der Waals surface area contributed by atoms with E-state index in [1.165, 1.54) is 0 Å². The van der Waals surface area contributed by atoms with Gasteiger partial charge >= 0.3 is 0 Å². The Balaban J connectivity index is 1.50. The number of hydrogen-bond donors (Lipinski definition) is 1. The van der Waals surface area contributed by atoms with Crippen LogP contribution >= 0.6 is 0 Å². The van der Waals surface area contributed by atoms with Gasteiger partial charge in [0.1, 0.15) is 5.75 Å². The summed E-state index contributed by atoms with van der Waals surface area (Å²) in [5, 5.41) is 3.99. The van der Waals surface area contributed by atoms with Crippen molar-refractivity contribution in [2.75, 3.05) is 6.61 Å². The summed E-state index contributed by atoms with van der Waals surface area (Å²) in [5.41, 5.74) is 7.89. The molecule has 0 aliphatic carbocycles. The Morgan fingerprint density at radius 2 is 1.56 bits per heavy atom. The van der Waals surface area contributed by atoms with E-state index in [9.17, 15) is 4.79 Å². The van der Waals surface area contributed by atoms with Crippen LogP contribution in [0.15, 0.2) is 77.9 Å². The van der Waals surface area contributed by atoms with Crippen molar-refractivity contribution in [3.05, 3.63) is 89.5 Å². The zero-order valence-corrected chi connectivity index (χ0v) is 15.5. The lowest BCUT2D eigenvalue weighted by Gasteiger charge is -2.07. The van der Waals surface area contributed by atoms with E-state index >= 15 is 0 Å². The van der Waals surface area contributed by atoms with Crippen LogP contribution in [0.4, 0.5) is 0 Å². The molecule has 4 heteroatoms. The minimum Gasteiger partial charge on any atom is -0.484 e. The van der Waals surface area contributed by atoms with Gasteiger partial charge in [-0.1, -0.05) is 60.7 Å². The zero-order chi connectivity index (χ0) is 19.1. The molecule has 0 atom stereocenters. The normalized spacial score (nSPS) is 10.7. The summed E-state index contributed by atoms with van der Waals surface area (Å²) in [6, 6.07) is 24.0. The molecule has 0 aliphatic rings. The number of ether oxygens (including phenoxy) is 1. The molecule has 3 aromatic carbocycles. The van der Waals surface area contributed by atoms with Crippen LogP contribution in [0.1, 0.15) is 16.7 Å². The molecule has 27 heavy (non-hydrogen) atoms. The highest BCUT2D eigenvalue weighted by molar-refractivity contribution is 5.83. The van der Waals surface area contributed by atoms with Crippen molar-refractivity contribution in [2.24, 2.45) is 5.10 Å². The average molecular weight is 358 g/mol. The van der Waals surface area contributed by atoms with E-state index in [4.69, 9.17) is 4.74 Å². The number of amides is 1. The Labute approximate surface area is 159 Å². The van der Waals surface area contributed by atoms with Crippen LogP contribution in [-0.4, -0.2) is 18.7 Å². The number of hydrazone groups is 1. The zero-order valence-electron chi connectivity index (χ0n) is 15.5. The van der Waals surface area contributed by atoms with E-state index in [2.05, 4.69) is 28.7 Å². The van der Waals surface area contributed by atoms with Crippen molar-refractivity contribution in [1.82, 2.24) is 5.43 Å². The van der Waals surface area contributed by atoms with Gasteiger partial charge in [-0.25, -0.2) is 5.43 Å². The number of nitrogens with zero attached hydrogens (tertiary/aromatic N) is 1. The third kappa shape index (κ3) is 5.54. The molecule has 136 valence electrons. The maximum Gasteiger partial charge on any atom is 0.277 e. The van der Waals surface area contributed by atoms with Gasteiger partial charge in [0.25, 0.3) is 5.91 Å². The monoisotopic (exact) mass is 358 g/mol.